The Labute approximate surface area is 83.2 Å². The third-order valence-electron chi connectivity index (χ3n) is 2.11. The Kier molecular flexibility index (Phi) is 2.33. The predicted molar refractivity (Wildman–Crippen MR) is 56.2 cm³/mol. The Balaban J connectivity index is 2.47. The van der Waals surface area contributed by atoms with Crippen molar-refractivity contribution in [1.82, 2.24) is 9.55 Å². The van der Waals surface area contributed by atoms with Crippen molar-refractivity contribution in [3.63, 3.8) is 0 Å². The summed E-state index contributed by atoms with van der Waals surface area (Å²) in [4.78, 5) is 4.23. The van der Waals surface area contributed by atoms with Crippen LogP contribution in [0, 0.1) is 0 Å². The molecule has 0 aliphatic carbocycles. The summed E-state index contributed by atoms with van der Waals surface area (Å²) in [5.41, 5.74) is 6.91. The second-order valence-electron chi connectivity index (χ2n) is 3.28. The van der Waals surface area contributed by atoms with Gasteiger partial charge in [0.25, 0.3) is 0 Å². The van der Waals surface area contributed by atoms with E-state index in [2.05, 4.69) is 4.98 Å². The minimum Gasteiger partial charge on any atom is -0.322 e. The standard InChI is InChI=1S/C11H13N3/c1-9(12)11-13-7-8-14(11)10-5-3-2-4-6-10/h2-9H,12H2,1H3. The zero-order valence-corrected chi connectivity index (χ0v) is 8.09. The van der Waals surface area contributed by atoms with Crippen molar-refractivity contribution in [3.8, 4) is 5.69 Å². The van der Waals surface area contributed by atoms with Crippen LogP contribution in [0.4, 0.5) is 0 Å². The molecule has 0 aliphatic heterocycles. The highest BCUT2D eigenvalue weighted by molar-refractivity contribution is 5.33. The van der Waals surface area contributed by atoms with Crippen LogP contribution in [0.2, 0.25) is 0 Å². The normalized spacial score (nSPS) is 12.7. The highest BCUT2D eigenvalue weighted by atomic mass is 15.1. The van der Waals surface area contributed by atoms with E-state index in [-0.39, 0.29) is 6.04 Å². The topological polar surface area (TPSA) is 43.8 Å². The predicted octanol–water partition coefficient (Wildman–Crippen LogP) is 1.89. The molecule has 14 heavy (non-hydrogen) atoms. The lowest BCUT2D eigenvalue weighted by molar-refractivity contribution is 0.720. The minimum atomic E-state index is -0.0507. The number of nitrogens with two attached hydrogens (primary N) is 1. The Morgan fingerprint density at radius 2 is 2.00 bits per heavy atom. The number of nitrogens with zero attached hydrogens (tertiary/aromatic N) is 2. The Hall–Kier alpha value is -1.61. The second kappa shape index (κ2) is 3.64. The molecule has 1 aromatic carbocycles. The van der Waals surface area contributed by atoms with Crippen molar-refractivity contribution in [2.45, 2.75) is 13.0 Å². The van der Waals surface area contributed by atoms with E-state index in [4.69, 9.17) is 5.73 Å². The summed E-state index contributed by atoms with van der Waals surface area (Å²) in [7, 11) is 0. The molecule has 3 nitrogen and oxygen atoms in total. The minimum absolute atomic E-state index is 0.0507. The maximum Gasteiger partial charge on any atom is 0.129 e. The number of aromatic nitrogens is 2. The highest BCUT2D eigenvalue weighted by Gasteiger charge is 2.07. The largest absolute Gasteiger partial charge is 0.322 e. The van der Waals surface area contributed by atoms with Gasteiger partial charge in [-0.15, -0.1) is 0 Å². The molecule has 2 N–H and O–H groups in total. The van der Waals surface area contributed by atoms with Crippen LogP contribution in [0.3, 0.4) is 0 Å². The molecular weight excluding hydrogens is 174 g/mol. The fourth-order valence-corrected chi connectivity index (χ4v) is 1.46. The molecule has 0 amide bonds. The van der Waals surface area contributed by atoms with E-state index in [9.17, 15) is 0 Å². The quantitative estimate of drug-likeness (QED) is 0.780. The van der Waals surface area contributed by atoms with E-state index in [0.29, 0.717) is 0 Å². The van der Waals surface area contributed by atoms with Gasteiger partial charge in [-0.1, -0.05) is 18.2 Å². The third-order valence-corrected chi connectivity index (χ3v) is 2.11. The summed E-state index contributed by atoms with van der Waals surface area (Å²) in [6, 6.07) is 10.0. The Morgan fingerprint density at radius 3 is 2.64 bits per heavy atom. The van der Waals surface area contributed by atoms with Crippen molar-refractivity contribution in [1.29, 1.82) is 0 Å². The Bertz CT molecular complexity index is 403. The molecule has 3 heteroatoms. The molecule has 0 radical (unpaired) electrons. The maximum absolute atomic E-state index is 5.81. The van der Waals surface area contributed by atoms with Gasteiger partial charge in [0.15, 0.2) is 0 Å². The van der Waals surface area contributed by atoms with Gasteiger partial charge in [0.2, 0.25) is 0 Å². The average molecular weight is 187 g/mol. The lowest BCUT2D eigenvalue weighted by Gasteiger charge is -2.09. The van der Waals surface area contributed by atoms with E-state index in [1.54, 1.807) is 6.20 Å². The fraction of sp³-hybridized carbons (Fsp3) is 0.182. The first kappa shape index (κ1) is 8.97. The molecular formula is C11H13N3. The van der Waals surface area contributed by atoms with Gasteiger partial charge in [-0.3, -0.25) is 0 Å². The number of hydrogen-bond acceptors (Lipinski definition) is 2. The first-order chi connectivity index (χ1) is 6.79. The van der Waals surface area contributed by atoms with Crippen LogP contribution < -0.4 is 5.73 Å². The molecule has 72 valence electrons. The van der Waals surface area contributed by atoms with Gasteiger partial charge >= 0.3 is 0 Å². The van der Waals surface area contributed by atoms with Crippen molar-refractivity contribution in [3.05, 3.63) is 48.5 Å². The summed E-state index contributed by atoms with van der Waals surface area (Å²) in [5, 5.41) is 0. The number of imidazole rings is 1. The van der Waals surface area contributed by atoms with Gasteiger partial charge in [0.1, 0.15) is 5.82 Å². The smallest absolute Gasteiger partial charge is 0.129 e. The molecule has 0 aliphatic rings. The zero-order chi connectivity index (χ0) is 9.97. The number of rotatable bonds is 2. The van der Waals surface area contributed by atoms with Gasteiger partial charge in [0.05, 0.1) is 6.04 Å². The summed E-state index contributed by atoms with van der Waals surface area (Å²) >= 11 is 0. The molecule has 0 fully saturated rings. The molecule has 0 bridgehead atoms. The van der Waals surface area contributed by atoms with Gasteiger partial charge in [-0.25, -0.2) is 4.98 Å². The highest BCUT2D eigenvalue weighted by Crippen LogP contribution is 2.13. The lowest BCUT2D eigenvalue weighted by atomic mass is 10.3. The molecule has 1 unspecified atom stereocenters. The van der Waals surface area contributed by atoms with Crippen molar-refractivity contribution in [2.24, 2.45) is 5.73 Å². The molecule has 0 saturated carbocycles. The van der Waals surface area contributed by atoms with E-state index in [0.717, 1.165) is 11.5 Å². The van der Waals surface area contributed by atoms with Gasteiger partial charge < -0.3 is 10.3 Å². The Morgan fingerprint density at radius 1 is 1.29 bits per heavy atom. The van der Waals surface area contributed by atoms with E-state index in [1.165, 1.54) is 0 Å². The summed E-state index contributed by atoms with van der Waals surface area (Å²) in [6.45, 7) is 1.93. The van der Waals surface area contributed by atoms with Gasteiger partial charge in [-0.2, -0.15) is 0 Å². The molecule has 0 spiro atoms. The van der Waals surface area contributed by atoms with Gasteiger partial charge in [-0.05, 0) is 19.1 Å². The monoisotopic (exact) mass is 187 g/mol. The molecule has 1 heterocycles. The van der Waals surface area contributed by atoms with Crippen molar-refractivity contribution < 1.29 is 0 Å². The van der Waals surface area contributed by atoms with Crippen LogP contribution in [-0.4, -0.2) is 9.55 Å². The third kappa shape index (κ3) is 1.54. The SMILES string of the molecule is CC(N)c1nccn1-c1ccccc1. The zero-order valence-electron chi connectivity index (χ0n) is 8.09. The molecule has 1 atom stereocenters. The number of hydrogen-bond donors (Lipinski definition) is 1. The van der Waals surface area contributed by atoms with Crippen LogP contribution in [0.1, 0.15) is 18.8 Å². The van der Waals surface area contributed by atoms with Crippen LogP contribution in [-0.2, 0) is 0 Å². The summed E-state index contributed by atoms with van der Waals surface area (Å²) in [5.74, 6) is 0.885. The van der Waals surface area contributed by atoms with E-state index >= 15 is 0 Å². The second-order valence-corrected chi connectivity index (χ2v) is 3.28. The van der Waals surface area contributed by atoms with Crippen LogP contribution in [0.25, 0.3) is 5.69 Å². The summed E-state index contributed by atoms with van der Waals surface area (Å²) < 4.78 is 2.00. The number of para-hydroxylation sites is 1. The van der Waals surface area contributed by atoms with Crippen molar-refractivity contribution in [2.75, 3.05) is 0 Å². The average Bonchev–Trinajstić information content (AvgIpc) is 2.67. The number of benzene rings is 1. The van der Waals surface area contributed by atoms with Crippen LogP contribution in [0.15, 0.2) is 42.7 Å². The first-order valence-electron chi connectivity index (χ1n) is 4.63. The molecule has 2 aromatic rings. The molecule has 1 aromatic heterocycles. The van der Waals surface area contributed by atoms with Gasteiger partial charge in [0, 0.05) is 18.1 Å². The van der Waals surface area contributed by atoms with E-state index < -0.39 is 0 Å². The molecule has 2 rings (SSSR count). The van der Waals surface area contributed by atoms with Crippen molar-refractivity contribution >= 4 is 0 Å². The van der Waals surface area contributed by atoms with Crippen LogP contribution in [0.5, 0.6) is 0 Å². The summed E-state index contributed by atoms with van der Waals surface area (Å²) in [6.07, 6.45) is 3.69. The first-order valence-corrected chi connectivity index (χ1v) is 4.63. The van der Waals surface area contributed by atoms with Crippen LogP contribution >= 0.6 is 0 Å². The lowest BCUT2D eigenvalue weighted by Crippen LogP contribution is -2.11. The maximum atomic E-state index is 5.81. The fourth-order valence-electron chi connectivity index (χ4n) is 1.46. The molecule has 0 saturated heterocycles. The van der Waals surface area contributed by atoms with E-state index in [1.807, 2.05) is 48.0 Å².